The van der Waals surface area contributed by atoms with Crippen LogP contribution in [0.4, 0.5) is 0 Å². The maximum Gasteiger partial charge on any atom is 0.225 e. The van der Waals surface area contributed by atoms with E-state index in [2.05, 4.69) is 22.0 Å². The van der Waals surface area contributed by atoms with Crippen molar-refractivity contribution in [3.63, 3.8) is 0 Å². The fourth-order valence-electron chi connectivity index (χ4n) is 4.88. The molecule has 1 spiro atoms. The number of aryl methyl sites for hydroxylation is 1. The zero-order valence-electron chi connectivity index (χ0n) is 14.2. The second-order valence-electron chi connectivity index (χ2n) is 7.86. The Morgan fingerprint density at radius 2 is 2.09 bits per heavy atom. The number of carbonyl (C=O) groups is 1. The average Bonchev–Trinajstić information content (AvgIpc) is 3.24. The van der Waals surface area contributed by atoms with E-state index in [0.717, 1.165) is 50.4 Å². The largest absolute Gasteiger partial charge is 0.341 e. The maximum atomic E-state index is 12.8. The monoisotopic (exact) mass is 316 g/mol. The van der Waals surface area contributed by atoms with Crippen LogP contribution >= 0.6 is 0 Å². The molecule has 4 rings (SSSR count). The van der Waals surface area contributed by atoms with Crippen molar-refractivity contribution in [2.75, 3.05) is 13.1 Å². The van der Waals surface area contributed by atoms with Gasteiger partial charge >= 0.3 is 0 Å². The number of hydrogen-bond donors (Lipinski definition) is 1. The lowest BCUT2D eigenvalue weighted by Crippen LogP contribution is -2.39. The van der Waals surface area contributed by atoms with Crippen LogP contribution in [0, 0.1) is 11.3 Å². The van der Waals surface area contributed by atoms with Gasteiger partial charge in [0.15, 0.2) is 5.82 Å². The Hall–Kier alpha value is -1.39. The lowest BCUT2D eigenvalue weighted by molar-refractivity contribution is -0.135. The Bertz CT molecular complexity index is 571. The first kappa shape index (κ1) is 15.2. The van der Waals surface area contributed by atoms with Crippen molar-refractivity contribution in [3.8, 4) is 0 Å². The van der Waals surface area contributed by atoms with Crippen LogP contribution in [-0.2, 0) is 11.2 Å². The minimum absolute atomic E-state index is 0.264. The Labute approximate surface area is 138 Å². The number of carbonyl (C=O) groups excluding carboxylic acids is 1. The van der Waals surface area contributed by atoms with Gasteiger partial charge in [0.2, 0.25) is 5.91 Å². The predicted octanol–water partition coefficient (Wildman–Crippen LogP) is 3.04. The van der Waals surface area contributed by atoms with Crippen LogP contribution < -0.4 is 0 Å². The second kappa shape index (κ2) is 5.91. The number of aromatic amines is 1. The highest BCUT2D eigenvalue weighted by Crippen LogP contribution is 2.55. The van der Waals surface area contributed by atoms with Crippen molar-refractivity contribution in [3.05, 3.63) is 11.6 Å². The molecule has 3 aliphatic rings. The van der Waals surface area contributed by atoms with Gasteiger partial charge in [-0.05, 0) is 37.5 Å². The molecule has 1 N–H and O–H groups in total. The van der Waals surface area contributed by atoms with Crippen molar-refractivity contribution < 1.29 is 4.79 Å². The summed E-state index contributed by atoms with van der Waals surface area (Å²) in [6.45, 7) is 3.93. The number of rotatable bonds is 4. The van der Waals surface area contributed by atoms with Crippen LogP contribution in [0.2, 0.25) is 0 Å². The average molecular weight is 316 g/mol. The number of H-pyrrole nitrogens is 1. The summed E-state index contributed by atoms with van der Waals surface area (Å²) in [4.78, 5) is 19.7. The molecule has 1 unspecified atom stereocenters. The van der Waals surface area contributed by atoms with Crippen LogP contribution in [-0.4, -0.2) is 39.1 Å². The zero-order valence-corrected chi connectivity index (χ0v) is 14.2. The van der Waals surface area contributed by atoms with Crippen LogP contribution in [0.25, 0.3) is 0 Å². The van der Waals surface area contributed by atoms with E-state index in [9.17, 15) is 4.79 Å². The zero-order chi connectivity index (χ0) is 15.9. The predicted molar refractivity (Wildman–Crippen MR) is 87.9 cm³/mol. The topological polar surface area (TPSA) is 61.9 Å². The SMILES string of the molecule is CCCc1nc(C2CN(C(=O)C3CCCC3)CC23CCC3)n[nH]1. The molecule has 2 aliphatic carbocycles. The molecule has 1 aliphatic heterocycles. The van der Waals surface area contributed by atoms with E-state index < -0.39 is 0 Å². The van der Waals surface area contributed by atoms with Crippen molar-refractivity contribution in [1.29, 1.82) is 0 Å². The van der Waals surface area contributed by atoms with Gasteiger partial charge < -0.3 is 4.90 Å². The molecule has 0 bridgehead atoms. The molecule has 0 aromatic carbocycles. The number of aromatic nitrogens is 3. The summed E-state index contributed by atoms with van der Waals surface area (Å²) >= 11 is 0. The first-order valence-electron chi connectivity index (χ1n) is 9.42. The molecular weight excluding hydrogens is 288 g/mol. The molecule has 23 heavy (non-hydrogen) atoms. The van der Waals surface area contributed by atoms with Gasteiger partial charge in [-0.15, -0.1) is 0 Å². The molecule has 1 atom stereocenters. The Balaban J connectivity index is 1.52. The van der Waals surface area contributed by atoms with E-state index in [1.165, 1.54) is 32.1 Å². The number of amides is 1. The summed E-state index contributed by atoms with van der Waals surface area (Å²) in [6.07, 6.45) is 10.4. The summed E-state index contributed by atoms with van der Waals surface area (Å²) in [5, 5.41) is 7.62. The van der Waals surface area contributed by atoms with Gasteiger partial charge in [-0.3, -0.25) is 9.89 Å². The molecule has 1 aromatic heterocycles. The maximum absolute atomic E-state index is 12.8. The van der Waals surface area contributed by atoms with Gasteiger partial charge in [0, 0.05) is 31.3 Å². The molecule has 2 heterocycles. The summed E-state index contributed by atoms with van der Waals surface area (Å²) in [7, 11) is 0. The molecule has 1 amide bonds. The van der Waals surface area contributed by atoms with Gasteiger partial charge in [0.05, 0.1) is 0 Å². The van der Waals surface area contributed by atoms with E-state index in [1.807, 2.05) is 0 Å². The minimum Gasteiger partial charge on any atom is -0.341 e. The van der Waals surface area contributed by atoms with Crippen molar-refractivity contribution in [2.24, 2.45) is 11.3 Å². The van der Waals surface area contributed by atoms with E-state index in [4.69, 9.17) is 4.98 Å². The second-order valence-corrected chi connectivity index (χ2v) is 7.86. The van der Waals surface area contributed by atoms with E-state index in [1.54, 1.807) is 0 Å². The van der Waals surface area contributed by atoms with Crippen molar-refractivity contribution in [2.45, 2.75) is 70.6 Å². The van der Waals surface area contributed by atoms with Crippen LogP contribution in [0.1, 0.15) is 75.9 Å². The third-order valence-electron chi connectivity index (χ3n) is 6.36. The molecule has 3 fully saturated rings. The smallest absolute Gasteiger partial charge is 0.225 e. The highest BCUT2D eigenvalue weighted by molar-refractivity contribution is 5.79. The van der Waals surface area contributed by atoms with Crippen molar-refractivity contribution in [1.82, 2.24) is 20.1 Å². The van der Waals surface area contributed by atoms with Gasteiger partial charge in [-0.1, -0.05) is 26.2 Å². The highest BCUT2D eigenvalue weighted by atomic mass is 16.2. The third kappa shape index (κ3) is 2.58. The standard InChI is InChI=1S/C18H28N4O/c1-2-6-15-19-16(21-20-15)14-11-22(12-18(14)9-5-10-18)17(23)13-7-3-4-8-13/h13-14H,2-12H2,1H3,(H,19,20,21). The summed E-state index contributed by atoms with van der Waals surface area (Å²) in [6, 6.07) is 0. The molecule has 126 valence electrons. The van der Waals surface area contributed by atoms with Gasteiger partial charge in [-0.2, -0.15) is 5.10 Å². The third-order valence-corrected chi connectivity index (χ3v) is 6.36. The summed E-state index contributed by atoms with van der Waals surface area (Å²) < 4.78 is 0. The number of hydrogen-bond acceptors (Lipinski definition) is 3. The number of nitrogens with one attached hydrogen (secondary N) is 1. The number of likely N-dealkylation sites (tertiary alicyclic amines) is 1. The molecule has 5 heteroatoms. The summed E-state index contributed by atoms with van der Waals surface area (Å²) in [5.74, 6) is 2.98. The molecule has 0 radical (unpaired) electrons. The fourth-order valence-corrected chi connectivity index (χ4v) is 4.88. The quantitative estimate of drug-likeness (QED) is 0.928. The van der Waals surface area contributed by atoms with Gasteiger partial charge in [0.25, 0.3) is 0 Å². The van der Waals surface area contributed by atoms with E-state index >= 15 is 0 Å². The molecule has 1 aromatic rings. The highest BCUT2D eigenvalue weighted by Gasteiger charge is 2.53. The Kier molecular flexibility index (Phi) is 3.90. The van der Waals surface area contributed by atoms with Gasteiger partial charge in [0.1, 0.15) is 5.82 Å². The Morgan fingerprint density at radius 3 is 2.74 bits per heavy atom. The Morgan fingerprint density at radius 1 is 1.30 bits per heavy atom. The van der Waals surface area contributed by atoms with Crippen molar-refractivity contribution >= 4 is 5.91 Å². The fraction of sp³-hybridized carbons (Fsp3) is 0.833. The van der Waals surface area contributed by atoms with Gasteiger partial charge in [-0.25, -0.2) is 4.98 Å². The van der Waals surface area contributed by atoms with E-state index in [0.29, 0.717) is 11.8 Å². The molecular formula is C18H28N4O. The minimum atomic E-state index is 0.264. The number of nitrogens with zero attached hydrogens (tertiary/aromatic N) is 3. The first-order valence-corrected chi connectivity index (χ1v) is 9.42. The van der Waals surface area contributed by atoms with Crippen LogP contribution in [0.15, 0.2) is 0 Å². The normalized spacial score (nSPS) is 26.8. The van der Waals surface area contributed by atoms with E-state index in [-0.39, 0.29) is 11.3 Å². The van der Waals surface area contributed by atoms with Crippen LogP contribution in [0.5, 0.6) is 0 Å². The first-order chi connectivity index (χ1) is 11.2. The lowest BCUT2D eigenvalue weighted by Gasteiger charge is -2.41. The molecule has 5 nitrogen and oxygen atoms in total. The lowest BCUT2D eigenvalue weighted by atomic mass is 9.62. The molecule has 2 saturated carbocycles. The van der Waals surface area contributed by atoms with Crippen LogP contribution in [0.3, 0.4) is 0 Å². The summed E-state index contributed by atoms with van der Waals surface area (Å²) in [5.41, 5.74) is 0.264. The molecule has 1 saturated heterocycles.